The molecule has 32 heavy (non-hydrogen) atoms. The maximum absolute atomic E-state index is 14.2. The van der Waals surface area contributed by atoms with Gasteiger partial charge in [0.15, 0.2) is 0 Å². The highest BCUT2D eigenvalue weighted by atomic mass is 19.1. The topological polar surface area (TPSA) is 82.9 Å². The Labute approximate surface area is 182 Å². The molecule has 8 heteroatoms. The van der Waals surface area contributed by atoms with Crippen molar-refractivity contribution in [2.75, 3.05) is 0 Å². The van der Waals surface area contributed by atoms with Crippen molar-refractivity contribution < 1.29 is 8.78 Å². The quantitative estimate of drug-likeness (QED) is 0.506. The largest absolute Gasteiger partial charge is 0.352 e. The first-order valence-electron chi connectivity index (χ1n) is 9.97. The minimum atomic E-state index is -0.795. The van der Waals surface area contributed by atoms with Crippen molar-refractivity contribution in [3.05, 3.63) is 128 Å². The van der Waals surface area contributed by atoms with Crippen LogP contribution in [-0.4, -0.2) is 14.3 Å². The lowest BCUT2D eigenvalue weighted by atomic mass is 10.1. The second kappa shape index (κ2) is 9.07. The van der Waals surface area contributed by atoms with Gasteiger partial charge < -0.3 is 5.73 Å². The Kier molecular flexibility index (Phi) is 6.04. The first-order valence-corrected chi connectivity index (χ1v) is 9.97. The summed E-state index contributed by atoms with van der Waals surface area (Å²) in [4.78, 5) is 26.3. The third kappa shape index (κ3) is 4.26. The van der Waals surface area contributed by atoms with Gasteiger partial charge in [-0.2, -0.15) is 5.10 Å². The molecule has 4 rings (SSSR count). The van der Waals surface area contributed by atoms with Crippen molar-refractivity contribution in [1.82, 2.24) is 14.3 Å². The molecular formula is C24H20F2N4O2. The van der Waals surface area contributed by atoms with E-state index in [4.69, 9.17) is 5.73 Å². The summed E-state index contributed by atoms with van der Waals surface area (Å²) in [5.74, 6) is -1.59. The van der Waals surface area contributed by atoms with E-state index < -0.39 is 35.3 Å². The van der Waals surface area contributed by atoms with Crippen LogP contribution >= 0.6 is 0 Å². The Bertz CT molecular complexity index is 1330. The molecule has 0 unspecified atom stereocenters. The van der Waals surface area contributed by atoms with Gasteiger partial charge in [0, 0.05) is 18.0 Å². The van der Waals surface area contributed by atoms with Crippen LogP contribution in [0.25, 0.3) is 5.69 Å². The van der Waals surface area contributed by atoms with Crippen molar-refractivity contribution in [2.45, 2.75) is 19.0 Å². The molecule has 0 spiro atoms. The van der Waals surface area contributed by atoms with Crippen molar-refractivity contribution in [1.29, 1.82) is 0 Å². The second-order valence-corrected chi connectivity index (χ2v) is 7.28. The minimum absolute atomic E-state index is 0.0251. The summed E-state index contributed by atoms with van der Waals surface area (Å²) >= 11 is 0. The highest BCUT2D eigenvalue weighted by molar-refractivity contribution is 5.32. The molecule has 0 fully saturated rings. The molecule has 0 radical (unpaired) electrons. The van der Waals surface area contributed by atoms with Crippen LogP contribution in [0.15, 0.2) is 88.5 Å². The fourth-order valence-corrected chi connectivity index (χ4v) is 3.46. The predicted molar refractivity (Wildman–Crippen MR) is 117 cm³/mol. The zero-order valence-electron chi connectivity index (χ0n) is 17.0. The summed E-state index contributed by atoms with van der Waals surface area (Å²) in [6.07, 6.45) is -0.412. The van der Waals surface area contributed by atoms with E-state index in [9.17, 15) is 18.4 Å². The highest BCUT2D eigenvalue weighted by Gasteiger charge is 2.20. The van der Waals surface area contributed by atoms with Crippen LogP contribution in [0.3, 0.4) is 0 Å². The standard InChI is InChI=1S/C24H20F2N4O2/c25-19-12-7-13-20(26)18(19)14-22-23(31)30(17-10-5-2-6-11-17)24(32)29(28-22)15-21(27)16-8-3-1-4-9-16/h1-13,21H,14-15,27H2/t21-/m1/s1. The number of benzene rings is 3. The fraction of sp³-hybridized carbons (Fsp3) is 0.125. The number of halogens is 2. The van der Waals surface area contributed by atoms with E-state index in [1.54, 1.807) is 30.3 Å². The molecule has 0 aliphatic carbocycles. The number of hydrogen-bond donors (Lipinski definition) is 1. The van der Waals surface area contributed by atoms with Crippen molar-refractivity contribution in [3.8, 4) is 5.69 Å². The van der Waals surface area contributed by atoms with Gasteiger partial charge in [-0.25, -0.2) is 22.8 Å². The zero-order chi connectivity index (χ0) is 22.7. The van der Waals surface area contributed by atoms with Crippen LogP contribution < -0.4 is 17.0 Å². The number of nitrogens with two attached hydrogens (primary N) is 1. The SMILES string of the molecule is N[C@H](Cn1nc(Cc2c(F)cccc2F)c(=O)n(-c2ccccc2)c1=O)c1ccccc1. The van der Waals surface area contributed by atoms with E-state index in [0.717, 1.165) is 26.9 Å². The molecule has 6 nitrogen and oxygen atoms in total. The predicted octanol–water partition coefficient (Wildman–Crippen LogP) is 2.96. The average molecular weight is 434 g/mol. The van der Waals surface area contributed by atoms with Gasteiger partial charge in [0.25, 0.3) is 5.56 Å². The molecule has 3 aromatic carbocycles. The van der Waals surface area contributed by atoms with E-state index in [2.05, 4.69) is 5.10 Å². The smallest absolute Gasteiger partial charge is 0.322 e. The summed E-state index contributed by atoms with van der Waals surface area (Å²) in [6.45, 7) is -0.0251. The molecule has 2 N–H and O–H groups in total. The number of hydrogen-bond acceptors (Lipinski definition) is 4. The Balaban J connectivity index is 1.85. The first kappa shape index (κ1) is 21.3. The van der Waals surface area contributed by atoms with Crippen molar-refractivity contribution >= 4 is 0 Å². The van der Waals surface area contributed by atoms with Gasteiger partial charge in [-0.3, -0.25) is 4.79 Å². The lowest BCUT2D eigenvalue weighted by molar-refractivity contribution is 0.468. The van der Waals surface area contributed by atoms with Crippen molar-refractivity contribution in [2.24, 2.45) is 5.73 Å². The third-order valence-corrected chi connectivity index (χ3v) is 5.12. The molecule has 0 bridgehead atoms. The third-order valence-electron chi connectivity index (χ3n) is 5.12. The van der Waals surface area contributed by atoms with Gasteiger partial charge in [-0.05, 0) is 29.8 Å². The molecule has 0 aliphatic rings. The Morgan fingerprint density at radius 3 is 2.06 bits per heavy atom. The Morgan fingerprint density at radius 2 is 1.44 bits per heavy atom. The van der Waals surface area contributed by atoms with Crippen LogP contribution in [0.2, 0.25) is 0 Å². The average Bonchev–Trinajstić information content (AvgIpc) is 2.80. The summed E-state index contributed by atoms with van der Waals surface area (Å²) in [6, 6.07) is 20.3. The monoisotopic (exact) mass is 434 g/mol. The molecule has 1 aromatic heterocycles. The lowest BCUT2D eigenvalue weighted by Crippen LogP contribution is -2.44. The normalized spacial score (nSPS) is 12.0. The number of rotatable bonds is 6. The molecule has 0 saturated carbocycles. The molecule has 1 heterocycles. The molecular weight excluding hydrogens is 414 g/mol. The number of para-hydroxylation sites is 1. The minimum Gasteiger partial charge on any atom is -0.322 e. The molecule has 1 atom stereocenters. The summed E-state index contributed by atoms with van der Waals surface area (Å²) in [5.41, 5.74) is 5.47. The van der Waals surface area contributed by atoms with Crippen LogP contribution in [0.1, 0.15) is 22.9 Å². The van der Waals surface area contributed by atoms with Crippen LogP contribution in [0, 0.1) is 11.6 Å². The maximum atomic E-state index is 14.2. The van der Waals surface area contributed by atoms with Crippen LogP contribution in [0.5, 0.6) is 0 Å². The fourth-order valence-electron chi connectivity index (χ4n) is 3.46. The molecule has 0 amide bonds. The second-order valence-electron chi connectivity index (χ2n) is 7.28. The van der Waals surface area contributed by atoms with E-state index >= 15 is 0 Å². The van der Waals surface area contributed by atoms with E-state index in [0.29, 0.717) is 5.69 Å². The first-order chi connectivity index (χ1) is 15.5. The van der Waals surface area contributed by atoms with E-state index in [-0.39, 0.29) is 17.8 Å². The number of aromatic nitrogens is 3. The summed E-state index contributed by atoms with van der Waals surface area (Å²) < 4.78 is 30.5. The van der Waals surface area contributed by atoms with Crippen LogP contribution in [0.4, 0.5) is 8.78 Å². The van der Waals surface area contributed by atoms with Gasteiger partial charge in [-0.1, -0.05) is 54.6 Å². The van der Waals surface area contributed by atoms with E-state index in [1.807, 2.05) is 30.3 Å². The van der Waals surface area contributed by atoms with Crippen LogP contribution in [-0.2, 0) is 13.0 Å². The Hall–Kier alpha value is -3.91. The molecule has 4 aromatic rings. The Morgan fingerprint density at radius 1 is 0.844 bits per heavy atom. The van der Waals surface area contributed by atoms with Crippen molar-refractivity contribution in [3.63, 3.8) is 0 Å². The molecule has 162 valence electrons. The maximum Gasteiger partial charge on any atom is 0.352 e. The zero-order valence-corrected chi connectivity index (χ0v) is 17.0. The van der Waals surface area contributed by atoms with Gasteiger partial charge in [0.05, 0.1) is 12.2 Å². The van der Waals surface area contributed by atoms with Gasteiger partial charge in [0.2, 0.25) is 0 Å². The molecule has 0 saturated heterocycles. The highest BCUT2D eigenvalue weighted by Crippen LogP contribution is 2.15. The van der Waals surface area contributed by atoms with E-state index in [1.165, 1.54) is 6.07 Å². The van der Waals surface area contributed by atoms with Gasteiger partial charge >= 0.3 is 5.69 Å². The number of nitrogens with zero attached hydrogens (tertiary/aromatic N) is 3. The van der Waals surface area contributed by atoms with Gasteiger partial charge in [-0.15, -0.1) is 0 Å². The van der Waals surface area contributed by atoms with Gasteiger partial charge in [0.1, 0.15) is 17.3 Å². The molecule has 0 aliphatic heterocycles. The lowest BCUT2D eigenvalue weighted by Gasteiger charge is -2.16. The summed E-state index contributed by atoms with van der Waals surface area (Å²) in [7, 11) is 0. The summed E-state index contributed by atoms with van der Waals surface area (Å²) in [5, 5.41) is 4.16.